The Morgan fingerprint density at radius 3 is 2.62 bits per heavy atom. The lowest BCUT2D eigenvalue weighted by Crippen LogP contribution is -2.46. The summed E-state index contributed by atoms with van der Waals surface area (Å²) in [5.41, 5.74) is 1.65. The smallest absolute Gasteiger partial charge is 0.414 e. The highest BCUT2D eigenvalue weighted by atomic mass is 16.7. The number of rotatable bonds is 12. The predicted octanol–water partition coefficient (Wildman–Crippen LogP) is 5.69. The fourth-order valence-corrected chi connectivity index (χ4v) is 5.34. The topological polar surface area (TPSA) is 159 Å². The molecular weight excluding hydrogens is 608 g/mol. The summed E-state index contributed by atoms with van der Waals surface area (Å²) in [6.45, 7) is 7.37. The van der Waals surface area contributed by atoms with Crippen molar-refractivity contribution in [3.05, 3.63) is 53.3 Å². The minimum absolute atomic E-state index is 0.207. The van der Waals surface area contributed by atoms with E-state index < -0.39 is 48.5 Å². The molecule has 6 unspecified atom stereocenters. The number of nitrogens with one attached hydrogen (secondary N) is 1. The Bertz CT molecular complexity index is 1380. The number of fused-ring (bicyclic) bond motifs is 3. The third-order valence-corrected chi connectivity index (χ3v) is 7.93. The van der Waals surface area contributed by atoms with Gasteiger partial charge in [-0.05, 0) is 51.7 Å². The summed E-state index contributed by atoms with van der Waals surface area (Å²) in [7, 11) is 0. The number of unbranched alkanes of at least 4 members (excludes halogenated alkanes) is 4. The number of nitrogens with zero attached hydrogens (tertiary/aromatic N) is 1. The zero-order valence-electron chi connectivity index (χ0n) is 27.6. The molecule has 3 aliphatic heterocycles. The van der Waals surface area contributed by atoms with Crippen LogP contribution in [0.1, 0.15) is 95.9 Å². The second-order valence-corrected chi connectivity index (χ2v) is 12.0. The molecule has 2 fully saturated rings. The SMILES string of the molecule is CCCCCCCC(=O)OCC/C=C/C1OC1C1OC(=O)/C=C\C=C\c2nc(oc2C)/C=C(\C)CCC2OC2C1OC(=O)NC(C)=O. The molecule has 0 aromatic carbocycles. The van der Waals surface area contributed by atoms with Gasteiger partial charge in [-0.2, -0.15) is 0 Å². The Labute approximate surface area is 275 Å². The number of carbonyl (C=O) groups excluding carboxylic acids is 4. The van der Waals surface area contributed by atoms with E-state index in [1.165, 1.54) is 25.5 Å². The van der Waals surface area contributed by atoms with Crippen molar-refractivity contribution in [3.8, 4) is 0 Å². The summed E-state index contributed by atoms with van der Waals surface area (Å²) in [5.74, 6) is -0.364. The van der Waals surface area contributed by atoms with Gasteiger partial charge in [-0.25, -0.2) is 14.6 Å². The van der Waals surface area contributed by atoms with Crippen LogP contribution in [-0.2, 0) is 38.1 Å². The number of ether oxygens (including phenoxy) is 5. The molecule has 2 amide bonds. The van der Waals surface area contributed by atoms with Crippen molar-refractivity contribution in [1.29, 1.82) is 0 Å². The van der Waals surface area contributed by atoms with Gasteiger partial charge in [0.2, 0.25) is 11.8 Å². The van der Waals surface area contributed by atoms with E-state index in [1.54, 1.807) is 18.2 Å². The number of aromatic nitrogens is 1. The van der Waals surface area contributed by atoms with Crippen molar-refractivity contribution < 1.29 is 47.3 Å². The first kappa shape index (κ1) is 35.8. The van der Waals surface area contributed by atoms with Crippen LogP contribution in [0.15, 0.2) is 40.4 Å². The lowest BCUT2D eigenvalue weighted by atomic mass is 10.00. The first-order valence-corrected chi connectivity index (χ1v) is 16.5. The van der Waals surface area contributed by atoms with Crippen molar-refractivity contribution in [1.82, 2.24) is 10.3 Å². The number of hydrogen-bond donors (Lipinski definition) is 1. The van der Waals surface area contributed by atoms with Gasteiger partial charge in [0.05, 0.1) is 12.7 Å². The van der Waals surface area contributed by atoms with Crippen LogP contribution in [0.2, 0.25) is 0 Å². The monoisotopic (exact) mass is 654 g/mol. The first-order valence-electron chi connectivity index (χ1n) is 16.5. The third kappa shape index (κ3) is 11.9. The van der Waals surface area contributed by atoms with Crippen LogP contribution in [0.25, 0.3) is 12.2 Å². The largest absolute Gasteiger partial charge is 0.465 e. The normalized spacial score (nSPS) is 28.2. The summed E-state index contributed by atoms with van der Waals surface area (Å²) >= 11 is 0. The molecule has 12 heteroatoms. The average Bonchev–Trinajstić information content (AvgIpc) is 3.93. The molecule has 1 aromatic heterocycles. The maximum Gasteiger partial charge on any atom is 0.414 e. The summed E-state index contributed by atoms with van der Waals surface area (Å²) in [6.07, 6.45) is 14.1. The van der Waals surface area contributed by atoms with Crippen LogP contribution in [0.4, 0.5) is 4.79 Å². The molecule has 0 spiro atoms. The van der Waals surface area contributed by atoms with Crippen LogP contribution in [0, 0.1) is 6.92 Å². The lowest BCUT2D eigenvalue weighted by Gasteiger charge is -2.24. The predicted molar refractivity (Wildman–Crippen MR) is 172 cm³/mol. The van der Waals surface area contributed by atoms with E-state index in [-0.39, 0.29) is 18.7 Å². The Hall–Kier alpha value is -4.03. The Morgan fingerprint density at radius 2 is 1.83 bits per heavy atom. The molecule has 4 rings (SSSR count). The minimum Gasteiger partial charge on any atom is -0.465 e. The van der Waals surface area contributed by atoms with Gasteiger partial charge < -0.3 is 28.1 Å². The van der Waals surface area contributed by atoms with Gasteiger partial charge in [0, 0.05) is 19.4 Å². The van der Waals surface area contributed by atoms with Crippen molar-refractivity contribution >= 4 is 36.1 Å². The van der Waals surface area contributed by atoms with E-state index >= 15 is 0 Å². The molecule has 47 heavy (non-hydrogen) atoms. The summed E-state index contributed by atoms with van der Waals surface area (Å²) in [6, 6.07) is 0. The van der Waals surface area contributed by atoms with Gasteiger partial charge in [0.25, 0.3) is 0 Å². The van der Waals surface area contributed by atoms with E-state index in [0.717, 1.165) is 31.3 Å². The Kier molecular flexibility index (Phi) is 13.5. The highest BCUT2D eigenvalue weighted by molar-refractivity contribution is 5.90. The zero-order chi connectivity index (χ0) is 33.8. The number of imide groups is 1. The highest BCUT2D eigenvalue weighted by Crippen LogP contribution is 2.40. The number of amides is 2. The molecule has 2 saturated heterocycles. The number of hydrogen-bond acceptors (Lipinski definition) is 11. The highest BCUT2D eigenvalue weighted by Gasteiger charge is 2.58. The number of esters is 2. The molecule has 0 radical (unpaired) electrons. The molecule has 1 N–H and O–H groups in total. The molecule has 4 heterocycles. The third-order valence-electron chi connectivity index (χ3n) is 7.93. The van der Waals surface area contributed by atoms with Crippen molar-refractivity contribution in [3.63, 3.8) is 0 Å². The van der Waals surface area contributed by atoms with Crippen LogP contribution >= 0.6 is 0 Å². The Balaban J connectivity index is 1.43. The van der Waals surface area contributed by atoms with Gasteiger partial charge >= 0.3 is 18.0 Å². The number of carbonyl (C=O) groups is 4. The molecule has 12 nitrogen and oxygen atoms in total. The molecule has 0 aliphatic carbocycles. The van der Waals surface area contributed by atoms with Gasteiger partial charge in [-0.15, -0.1) is 0 Å². The van der Waals surface area contributed by atoms with Gasteiger partial charge in [0.1, 0.15) is 29.8 Å². The summed E-state index contributed by atoms with van der Waals surface area (Å²) in [5, 5.41) is 2.11. The van der Waals surface area contributed by atoms with E-state index in [2.05, 4.69) is 17.2 Å². The van der Waals surface area contributed by atoms with Gasteiger partial charge in [-0.1, -0.05) is 62.5 Å². The standard InChI is InChI=1S/C35H46N2O10/c1-5-6-7-8-9-16-29(39)42-20-13-12-15-26-31(44-26)33-34(47-35(41)36-24(4)38)32-27(45-32)19-18-22(2)21-28-37-25(23(3)43-28)14-10-11-17-30(40)46-33/h10-12,14-15,17,21,26-27,31-34H,5-9,13,16,18-20H2,1-4H3,(H,36,38,41)/b14-10+,15-12+,17-11-,22-21+. The molecule has 3 aliphatic rings. The van der Waals surface area contributed by atoms with E-state index in [9.17, 15) is 19.2 Å². The van der Waals surface area contributed by atoms with Crippen LogP contribution in [0.3, 0.4) is 0 Å². The second kappa shape index (κ2) is 17.8. The lowest BCUT2D eigenvalue weighted by molar-refractivity contribution is -0.151. The Morgan fingerprint density at radius 1 is 1.04 bits per heavy atom. The number of epoxide rings is 2. The van der Waals surface area contributed by atoms with Gasteiger partial charge in [-0.3, -0.25) is 14.9 Å². The number of oxazole rings is 1. The molecule has 2 bridgehead atoms. The number of allylic oxidation sites excluding steroid dienone is 3. The quantitative estimate of drug-likeness (QED) is 0.0970. The van der Waals surface area contributed by atoms with Crippen molar-refractivity contribution in [2.75, 3.05) is 6.61 Å². The molecular formula is C35H46N2O10. The van der Waals surface area contributed by atoms with E-state index in [1.807, 2.05) is 26.0 Å². The van der Waals surface area contributed by atoms with Gasteiger partial charge in [0.15, 0.2) is 12.2 Å². The zero-order valence-corrected chi connectivity index (χ0v) is 27.6. The maximum absolute atomic E-state index is 13.0. The number of cyclic esters (lactones) is 1. The van der Waals surface area contributed by atoms with Crippen molar-refractivity contribution in [2.24, 2.45) is 0 Å². The van der Waals surface area contributed by atoms with E-state index in [0.29, 0.717) is 43.0 Å². The summed E-state index contributed by atoms with van der Waals surface area (Å²) in [4.78, 5) is 53.6. The first-order chi connectivity index (χ1) is 22.6. The average molecular weight is 655 g/mol. The van der Waals surface area contributed by atoms with Crippen molar-refractivity contribution in [2.45, 2.75) is 122 Å². The summed E-state index contributed by atoms with van der Waals surface area (Å²) < 4.78 is 34.4. The van der Waals surface area contributed by atoms with E-state index in [4.69, 9.17) is 28.1 Å². The fourth-order valence-electron chi connectivity index (χ4n) is 5.34. The number of alkyl carbamates (subject to hydrolysis) is 1. The number of aryl methyl sites for hydroxylation is 1. The van der Waals surface area contributed by atoms with Crippen LogP contribution < -0.4 is 5.32 Å². The molecule has 256 valence electrons. The van der Waals surface area contributed by atoms with Crippen LogP contribution in [0.5, 0.6) is 0 Å². The molecule has 6 atom stereocenters. The molecule has 1 aromatic rings. The minimum atomic E-state index is -1.05. The van der Waals surface area contributed by atoms with Crippen LogP contribution in [-0.4, -0.2) is 72.2 Å². The molecule has 0 saturated carbocycles. The second-order valence-electron chi connectivity index (χ2n) is 12.0. The fraction of sp³-hybridized carbons (Fsp3) is 0.571. The maximum atomic E-state index is 13.0.